The lowest BCUT2D eigenvalue weighted by molar-refractivity contribution is 0.220. The smallest absolute Gasteiger partial charge is 0.208 e. The number of aromatic nitrogens is 4. The van der Waals surface area contributed by atoms with Crippen LogP contribution in [0.2, 0.25) is 0 Å². The molecule has 1 aromatic carbocycles. The molecule has 1 saturated carbocycles. The van der Waals surface area contributed by atoms with Crippen molar-refractivity contribution in [2.24, 2.45) is 5.92 Å². The summed E-state index contributed by atoms with van der Waals surface area (Å²) in [6, 6.07) is 5.15. The maximum atomic E-state index is 14.6. The molecule has 1 aliphatic heterocycles. The molecule has 2 bridgehead atoms. The Hall–Kier alpha value is -2.52. The van der Waals surface area contributed by atoms with E-state index in [4.69, 9.17) is 0 Å². The van der Waals surface area contributed by atoms with E-state index in [0.29, 0.717) is 21.6 Å². The Labute approximate surface area is 159 Å². The molecule has 5 rings (SSSR count). The molecule has 1 aliphatic carbocycles. The molecule has 7 nitrogen and oxygen atoms in total. The zero-order valence-electron chi connectivity index (χ0n) is 14.7. The van der Waals surface area contributed by atoms with Crippen molar-refractivity contribution in [3.8, 4) is 22.0 Å². The lowest BCUT2D eigenvalue weighted by atomic mass is 10.0. The van der Waals surface area contributed by atoms with Crippen molar-refractivity contribution < 1.29 is 9.50 Å². The van der Waals surface area contributed by atoms with Gasteiger partial charge < -0.3 is 19.9 Å². The number of piperidine rings is 1. The fourth-order valence-corrected chi connectivity index (χ4v) is 5.08. The van der Waals surface area contributed by atoms with Crippen molar-refractivity contribution in [2.75, 3.05) is 18.5 Å². The van der Waals surface area contributed by atoms with Gasteiger partial charge in [0.25, 0.3) is 0 Å². The standard InChI is InChI=1S/C18H19FN6OS/c1-24(16-10-6-13(15(16)19)21-8-10)18-23-22-17(27-18)12-3-2-11(7-14(12)26)25-5-4-20-9-25/h2-5,7,9-10,13,15-16,21,26H,6,8H2,1H3/t10?,13?,15-,16-/m1/s1. The summed E-state index contributed by atoms with van der Waals surface area (Å²) in [5.74, 6) is 0.421. The number of halogens is 1. The summed E-state index contributed by atoms with van der Waals surface area (Å²) in [5, 5.41) is 23.4. The third-order valence-corrected chi connectivity index (χ3v) is 6.62. The number of rotatable bonds is 4. The second kappa shape index (κ2) is 6.28. The maximum absolute atomic E-state index is 14.6. The first-order chi connectivity index (χ1) is 13.1. The Morgan fingerprint density at radius 2 is 2.26 bits per heavy atom. The Morgan fingerprint density at radius 1 is 1.37 bits per heavy atom. The Bertz CT molecular complexity index is 959. The summed E-state index contributed by atoms with van der Waals surface area (Å²) in [4.78, 5) is 5.92. The van der Waals surface area contributed by atoms with E-state index in [9.17, 15) is 9.50 Å². The van der Waals surface area contributed by atoms with Gasteiger partial charge in [-0.2, -0.15) is 0 Å². The minimum atomic E-state index is -0.899. The third-order valence-electron chi connectivity index (χ3n) is 5.57. The lowest BCUT2D eigenvalue weighted by Crippen LogP contribution is -2.51. The van der Waals surface area contributed by atoms with Gasteiger partial charge in [0.1, 0.15) is 11.9 Å². The summed E-state index contributed by atoms with van der Waals surface area (Å²) in [6.07, 6.45) is 5.14. The molecule has 2 fully saturated rings. The molecule has 9 heteroatoms. The first-order valence-electron chi connectivity index (χ1n) is 8.87. The van der Waals surface area contributed by atoms with Gasteiger partial charge in [-0.15, -0.1) is 10.2 Å². The predicted molar refractivity (Wildman–Crippen MR) is 101 cm³/mol. The molecule has 3 aromatic rings. The molecule has 3 heterocycles. The van der Waals surface area contributed by atoms with E-state index in [-0.39, 0.29) is 17.8 Å². The summed E-state index contributed by atoms with van der Waals surface area (Å²) >= 11 is 1.37. The maximum Gasteiger partial charge on any atom is 0.208 e. The molecule has 27 heavy (non-hydrogen) atoms. The van der Waals surface area contributed by atoms with E-state index in [1.807, 2.05) is 34.8 Å². The lowest BCUT2D eigenvalue weighted by Gasteiger charge is -2.33. The molecule has 0 spiro atoms. The summed E-state index contributed by atoms with van der Waals surface area (Å²) in [5.41, 5.74) is 1.42. The van der Waals surface area contributed by atoms with Crippen molar-refractivity contribution in [3.63, 3.8) is 0 Å². The van der Waals surface area contributed by atoms with Crippen LogP contribution in [0.1, 0.15) is 6.42 Å². The van der Waals surface area contributed by atoms with E-state index in [1.165, 1.54) is 11.3 Å². The topological polar surface area (TPSA) is 79.1 Å². The number of anilines is 1. The number of nitrogens with one attached hydrogen (secondary N) is 1. The largest absolute Gasteiger partial charge is 0.507 e. The molecular weight excluding hydrogens is 367 g/mol. The second-order valence-electron chi connectivity index (χ2n) is 7.12. The van der Waals surface area contributed by atoms with Crippen molar-refractivity contribution >= 4 is 16.5 Å². The van der Waals surface area contributed by atoms with Gasteiger partial charge in [-0.1, -0.05) is 11.3 Å². The average molecular weight is 386 g/mol. The number of nitrogens with zero attached hydrogens (tertiary/aromatic N) is 5. The van der Waals surface area contributed by atoms with Crippen molar-refractivity contribution in [1.82, 2.24) is 25.1 Å². The molecule has 0 amide bonds. The van der Waals surface area contributed by atoms with Crippen LogP contribution in [0.5, 0.6) is 5.75 Å². The third kappa shape index (κ3) is 2.69. The number of benzene rings is 1. The molecule has 2 unspecified atom stereocenters. The van der Waals surface area contributed by atoms with Crippen LogP contribution in [0.4, 0.5) is 9.52 Å². The number of phenols is 1. The average Bonchev–Trinajstić information content (AvgIpc) is 3.44. The molecular formula is C18H19FN6OS. The molecule has 4 atom stereocenters. The summed E-state index contributed by atoms with van der Waals surface area (Å²) in [7, 11) is 1.88. The van der Waals surface area contributed by atoms with E-state index in [1.54, 1.807) is 18.6 Å². The van der Waals surface area contributed by atoms with Crippen LogP contribution in [-0.4, -0.2) is 56.7 Å². The Kier molecular flexibility index (Phi) is 3.87. The highest BCUT2D eigenvalue weighted by atomic mass is 32.1. The highest BCUT2D eigenvalue weighted by molar-refractivity contribution is 7.18. The zero-order chi connectivity index (χ0) is 18.5. The van der Waals surface area contributed by atoms with Crippen molar-refractivity contribution in [1.29, 1.82) is 0 Å². The minimum absolute atomic E-state index is 0.0467. The van der Waals surface area contributed by atoms with Crippen LogP contribution in [0.3, 0.4) is 0 Å². The van der Waals surface area contributed by atoms with Gasteiger partial charge in [0, 0.05) is 38.1 Å². The monoisotopic (exact) mass is 386 g/mol. The fraction of sp³-hybridized carbons (Fsp3) is 0.389. The Balaban J connectivity index is 1.41. The Morgan fingerprint density at radius 3 is 2.96 bits per heavy atom. The number of hydrogen-bond donors (Lipinski definition) is 2. The van der Waals surface area contributed by atoms with Gasteiger partial charge in [-0.3, -0.25) is 0 Å². The van der Waals surface area contributed by atoms with E-state index < -0.39 is 6.17 Å². The van der Waals surface area contributed by atoms with Crippen LogP contribution < -0.4 is 10.2 Å². The fourth-order valence-electron chi connectivity index (χ4n) is 4.19. The van der Waals surface area contributed by atoms with Crippen LogP contribution >= 0.6 is 11.3 Å². The van der Waals surface area contributed by atoms with E-state index >= 15 is 0 Å². The van der Waals surface area contributed by atoms with Crippen LogP contribution in [0, 0.1) is 5.92 Å². The quantitative estimate of drug-likeness (QED) is 0.716. The number of hydrogen-bond acceptors (Lipinski definition) is 7. The van der Waals surface area contributed by atoms with Gasteiger partial charge >= 0.3 is 0 Å². The molecule has 2 aliphatic rings. The molecule has 1 saturated heterocycles. The second-order valence-corrected chi connectivity index (χ2v) is 8.07. The van der Waals surface area contributed by atoms with Crippen LogP contribution in [0.15, 0.2) is 36.9 Å². The number of imidazole rings is 1. The number of phenolic OH excluding ortho intramolecular Hbond substituents is 1. The zero-order valence-corrected chi connectivity index (χ0v) is 15.5. The van der Waals surface area contributed by atoms with Gasteiger partial charge in [0.05, 0.1) is 23.6 Å². The van der Waals surface area contributed by atoms with E-state index in [0.717, 1.165) is 18.7 Å². The van der Waals surface area contributed by atoms with E-state index in [2.05, 4.69) is 20.5 Å². The SMILES string of the molecule is CN(c1nnc(-c2ccc(-n3ccnc3)cc2O)s1)[C@@H]1C2CNC(C2)[C@H]1F. The highest BCUT2D eigenvalue weighted by Gasteiger charge is 2.50. The van der Waals surface area contributed by atoms with Gasteiger partial charge in [0.15, 0.2) is 5.01 Å². The molecule has 140 valence electrons. The first-order valence-corrected chi connectivity index (χ1v) is 9.69. The number of fused-ring (bicyclic) bond motifs is 2. The summed E-state index contributed by atoms with van der Waals surface area (Å²) in [6.45, 7) is 0.849. The first kappa shape index (κ1) is 16.6. The van der Waals surface area contributed by atoms with Crippen LogP contribution in [0.25, 0.3) is 16.3 Å². The van der Waals surface area contributed by atoms with Crippen molar-refractivity contribution in [3.05, 3.63) is 36.9 Å². The summed E-state index contributed by atoms with van der Waals surface area (Å²) < 4.78 is 16.4. The van der Waals surface area contributed by atoms with Gasteiger partial charge in [-0.05, 0) is 24.5 Å². The highest BCUT2D eigenvalue weighted by Crippen LogP contribution is 2.41. The van der Waals surface area contributed by atoms with Crippen molar-refractivity contribution in [2.45, 2.75) is 24.7 Å². The van der Waals surface area contributed by atoms with Gasteiger partial charge in [0.2, 0.25) is 5.13 Å². The predicted octanol–water partition coefficient (Wildman–Crippen LogP) is 2.23. The van der Waals surface area contributed by atoms with Gasteiger partial charge in [-0.25, -0.2) is 9.37 Å². The molecule has 2 aromatic heterocycles. The normalized spacial score (nSPS) is 26.6. The number of aromatic hydroxyl groups is 1. The van der Waals surface area contributed by atoms with Crippen LogP contribution in [-0.2, 0) is 0 Å². The number of alkyl halides is 1. The minimum Gasteiger partial charge on any atom is -0.507 e. The molecule has 0 radical (unpaired) electrons. The molecule has 2 N–H and O–H groups in total.